The highest BCUT2D eigenvalue weighted by molar-refractivity contribution is 5.99. The Balaban J connectivity index is 1.68. The minimum absolute atomic E-state index is 0.0139. The lowest BCUT2D eigenvalue weighted by atomic mass is 10.1. The number of carbonyl (C=O) groups excluding carboxylic acids is 1. The summed E-state index contributed by atoms with van der Waals surface area (Å²) in [5.41, 5.74) is 15.6. The highest BCUT2D eigenvalue weighted by Crippen LogP contribution is 2.32. The summed E-state index contributed by atoms with van der Waals surface area (Å²) in [5.74, 6) is 0.119. The van der Waals surface area contributed by atoms with Crippen LogP contribution in [-0.4, -0.2) is 56.5 Å². The monoisotopic (exact) mass is 580 g/mol. The van der Waals surface area contributed by atoms with Crippen LogP contribution in [0.15, 0.2) is 78.9 Å². The van der Waals surface area contributed by atoms with Gasteiger partial charge < -0.3 is 31.2 Å². The summed E-state index contributed by atoms with van der Waals surface area (Å²) in [6.45, 7) is 4.74. The number of rotatable bonds is 13. The summed E-state index contributed by atoms with van der Waals surface area (Å²) in [6.07, 6.45) is 9.70. The Morgan fingerprint density at radius 3 is 2.00 bits per heavy atom. The number of carbonyl (C=O) groups is 1. The minimum Gasteiger partial charge on any atom is -0.489 e. The summed E-state index contributed by atoms with van der Waals surface area (Å²) in [4.78, 5) is 15.5. The quantitative estimate of drug-likeness (QED) is 0.111. The van der Waals surface area contributed by atoms with Crippen LogP contribution >= 0.6 is 0 Å². The second-order valence-corrected chi connectivity index (χ2v) is 10.2. The molecule has 0 spiro atoms. The van der Waals surface area contributed by atoms with Gasteiger partial charge in [-0.3, -0.25) is 10.8 Å². The fraction of sp³-hybridized carbons (Fsp3) is 0.265. The zero-order valence-corrected chi connectivity index (χ0v) is 24.5. The molecule has 4 rings (SSSR count). The molecule has 224 valence electrons. The number of esters is 1. The van der Waals surface area contributed by atoms with Crippen LogP contribution in [0.3, 0.4) is 0 Å². The molecule has 7 N–H and O–H groups in total. The number of benzene rings is 3. The van der Waals surface area contributed by atoms with Crippen molar-refractivity contribution in [2.75, 3.05) is 37.7 Å². The zero-order valence-electron chi connectivity index (χ0n) is 24.5. The van der Waals surface area contributed by atoms with Crippen LogP contribution in [-0.2, 0) is 4.74 Å². The normalized spacial score (nSPS) is 13.7. The molecule has 1 aliphatic rings. The summed E-state index contributed by atoms with van der Waals surface area (Å²) in [6, 6.07) is 20.6. The van der Waals surface area contributed by atoms with Gasteiger partial charge in [-0.1, -0.05) is 66.8 Å². The second kappa shape index (κ2) is 15.4. The Morgan fingerprint density at radius 1 is 0.907 bits per heavy atom. The average molecular weight is 581 g/mol. The summed E-state index contributed by atoms with van der Waals surface area (Å²) >= 11 is 0. The van der Waals surface area contributed by atoms with Crippen molar-refractivity contribution < 1.29 is 14.3 Å². The molecule has 0 aromatic heterocycles. The van der Waals surface area contributed by atoms with Gasteiger partial charge in [0.2, 0.25) is 0 Å². The number of hydrogen-bond acceptors (Lipinski definition) is 7. The third-order valence-electron chi connectivity index (χ3n) is 7.07. The van der Waals surface area contributed by atoms with Crippen LogP contribution in [0.5, 0.6) is 5.75 Å². The number of anilines is 1. The Hall–Kier alpha value is -4.89. The molecule has 1 saturated heterocycles. The van der Waals surface area contributed by atoms with Crippen molar-refractivity contribution in [3.05, 3.63) is 107 Å². The maximum absolute atomic E-state index is 13.4. The highest BCUT2D eigenvalue weighted by Gasteiger charge is 2.25. The molecular formula is C34H40N6O3. The highest BCUT2D eigenvalue weighted by atomic mass is 16.5. The van der Waals surface area contributed by atoms with E-state index in [4.69, 9.17) is 31.8 Å². The van der Waals surface area contributed by atoms with E-state index in [-0.39, 0.29) is 24.4 Å². The van der Waals surface area contributed by atoms with E-state index in [1.165, 1.54) is 0 Å². The molecule has 1 heterocycles. The van der Waals surface area contributed by atoms with Crippen molar-refractivity contribution in [1.29, 1.82) is 10.8 Å². The number of nitrogen functional groups attached to an aromatic ring is 2. The van der Waals surface area contributed by atoms with Gasteiger partial charge in [-0.05, 0) is 68.2 Å². The molecule has 43 heavy (non-hydrogen) atoms. The van der Waals surface area contributed by atoms with Gasteiger partial charge in [0.15, 0.2) is 0 Å². The van der Waals surface area contributed by atoms with Crippen LogP contribution in [0.4, 0.5) is 5.69 Å². The van der Waals surface area contributed by atoms with Gasteiger partial charge in [-0.25, -0.2) is 4.79 Å². The van der Waals surface area contributed by atoms with E-state index in [0.717, 1.165) is 37.1 Å². The van der Waals surface area contributed by atoms with Crippen molar-refractivity contribution in [3.63, 3.8) is 0 Å². The van der Waals surface area contributed by atoms with E-state index in [1.54, 1.807) is 19.1 Å². The molecule has 0 saturated carbocycles. The number of nitrogens with zero attached hydrogens (tertiary/aromatic N) is 1. The molecule has 3 aromatic carbocycles. The molecule has 0 atom stereocenters. The third kappa shape index (κ3) is 8.80. The van der Waals surface area contributed by atoms with E-state index in [9.17, 15) is 4.79 Å². The van der Waals surface area contributed by atoms with E-state index in [1.807, 2.05) is 78.9 Å². The van der Waals surface area contributed by atoms with Crippen LogP contribution in [0.2, 0.25) is 0 Å². The first-order valence-corrected chi connectivity index (χ1v) is 14.5. The van der Waals surface area contributed by atoms with E-state index in [2.05, 4.69) is 10.2 Å². The van der Waals surface area contributed by atoms with Crippen LogP contribution < -0.4 is 26.4 Å². The van der Waals surface area contributed by atoms with Crippen LogP contribution in [0.25, 0.3) is 12.2 Å². The fourth-order valence-corrected chi connectivity index (χ4v) is 4.91. The van der Waals surface area contributed by atoms with E-state index in [0.29, 0.717) is 41.2 Å². The van der Waals surface area contributed by atoms with E-state index >= 15 is 0 Å². The minimum atomic E-state index is -0.427. The summed E-state index contributed by atoms with van der Waals surface area (Å²) in [7, 11) is 0. The van der Waals surface area contributed by atoms with Crippen LogP contribution in [0, 0.1) is 10.8 Å². The molecule has 9 heteroatoms. The Labute approximate surface area is 253 Å². The zero-order chi connectivity index (χ0) is 30.6. The first-order chi connectivity index (χ1) is 20.9. The van der Waals surface area contributed by atoms with Gasteiger partial charge in [0, 0.05) is 24.2 Å². The number of nitrogens with two attached hydrogens (primary N) is 2. The van der Waals surface area contributed by atoms with Gasteiger partial charge in [-0.2, -0.15) is 0 Å². The topological polar surface area (TPSA) is 151 Å². The molecule has 0 unspecified atom stereocenters. The lowest BCUT2D eigenvalue weighted by Gasteiger charge is -2.28. The van der Waals surface area contributed by atoms with Crippen molar-refractivity contribution in [1.82, 2.24) is 5.32 Å². The predicted octanol–water partition coefficient (Wildman–Crippen LogP) is 4.80. The number of amidine groups is 2. The molecule has 9 nitrogen and oxygen atoms in total. The number of ether oxygens (including phenoxy) is 2. The largest absolute Gasteiger partial charge is 0.489 e. The fourth-order valence-electron chi connectivity index (χ4n) is 4.91. The van der Waals surface area contributed by atoms with Gasteiger partial charge >= 0.3 is 5.97 Å². The number of nitrogens with one attached hydrogen (secondary N) is 3. The third-order valence-corrected chi connectivity index (χ3v) is 7.07. The second-order valence-electron chi connectivity index (χ2n) is 10.2. The van der Waals surface area contributed by atoms with Crippen molar-refractivity contribution >= 4 is 35.5 Å². The molecule has 0 amide bonds. The smallest absolute Gasteiger partial charge is 0.344 e. The Morgan fingerprint density at radius 2 is 1.47 bits per heavy atom. The predicted molar refractivity (Wildman–Crippen MR) is 174 cm³/mol. The van der Waals surface area contributed by atoms with E-state index < -0.39 is 5.97 Å². The standard InChI is InChI=1S/C34H40N6O3/c1-2-42-34(41)31-29(14-5-15-30(31)43-28-16-18-39-19-17-28)40(20-6-10-24-8-3-12-26(22-24)32(35)36)21-7-11-25-9-4-13-27(23-25)33(37)38/h3-15,22-23,28,39H,2,16-21H2,1H3,(H3,35,36)(H3,37,38)/b10-6+,11-7+. The van der Waals surface area contributed by atoms with Gasteiger partial charge in [0.05, 0.1) is 12.3 Å². The molecular weight excluding hydrogens is 540 g/mol. The maximum atomic E-state index is 13.4. The Kier molecular flexibility index (Phi) is 11.1. The maximum Gasteiger partial charge on any atom is 0.344 e. The molecule has 1 aliphatic heterocycles. The van der Waals surface area contributed by atoms with Gasteiger partial charge in [0.25, 0.3) is 0 Å². The van der Waals surface area contributed by atoms with Gasteiger partial charge in [0.1, 0.15) is 29.1 Å². The number of piperidine rings is 1. The first-order valence-electron chi connectivity index (χ1n) is 14.5. The lowest BCUT2D eigenvalue weighted by Crippen LogP contribution is -2.34. The molecule has 0 aliphatic carbocycles. The average Bonchev–Trinajstić information content (AvgIpc) is 3.01. The SMILES string of the molecule is CCOC(=O)c1c(OC2CCNCC2)cccc1N(C/C=C/c1cccc(C(=N)N)c1)C/C=C/c1cccc(C(=N)N)c1. The van der Waals surface area contributed by atoms with Gasteiger partial charge in [-0.15, -0.1) is 0 Å². The summed E-state index contributed by atoms with van der Waals surface area (Å²) in [5, 5.41) is 18.8. The molecule has 0 radical (unpaired) electrons. The van der Waals surface area contributed by atoms with Crippen molar-refractivity contribution in [2.45, 2.75) is 25.9 Å². The number of hydrogen-bond donors (Lipinski definition) is 5. The molecule has 0 bridgehead atoms. The Bertz CT molecular complexity index is 1420. The lowest BCUT2D eigenvalue weighted by molar-refractivity contribution is 0.0518. The van der Waals surface area contributed by atoms with Crippen molar-refractivity contribution in [2.24, 2.45) is 11.5 Å². The van der Waals surface area contributed by atoms with Crippen LogP contribution in [0.1, 0.15) is 52.4 Å². The summed E-state index contributed by atoms with van der Waals surface area (Å²) < 4.78 is 11.9. The molecule has 3 aromatic rings. The molecule has 1 fully saturated rings. The first kappa shape index (κ1) is 31.1. The van der Waals surface area contributed by atoms with Crippen molar-refractivity contribution in [3.8, 4) is 5.75 Å².